The minimum atomic E-state index is -3.41. The van der Waals surface area contributed by atoms with E-state index in [1.54, 1.807) is 69.3 Å². The van der Waals surface area contributed by atoms with Crippen LogP contribution in [-0.2, 0) is 64.7 Å². The van der Waals surface area contributed by atoms with Crippen LogP contribution in [0, 0.1) is 29.4 Å². The third-order valence-corrected chi connectivity index (χ3v) is 9.39. The number of benzene rings is 5. The monoisotopic (exact) mass is 1010 g/mol. The molecule has 9 aromatic rings. The molecule has 0 fully saturated rings. The Hall–Kier alpha value is -6.07. The van der Waals surface area contributed by atoms with Crippen molar-refractivity contribution >= 4 is 21.9 Å². The van der Waals surface area contributed by atoms with E-state index in [0.29, 0.717) is 22.5 Å². The van der Waals surface area contributed by atoms with Gasteiger partial charge in [0.05, 0.1) is 8.32 Å². The number of furan rings is 1. The summed E-state index contributed by atoms with van der Waals surface area (Å²) in [5, 5.41) is 0.303. The van der Waals surface area contributed by atoms with Crippen LogP contribution < -0.4 is 0 Å². The number of fused-ring (bicyclic) bond motifs is 3. The van der Waals surface area contributed by atoms with Gasteiger partial charge in [0.1, 0.15) is 11.4 Å². The fraction of sp³-hybridized carbons (Fsp3) is 0.196. The average Bonchev–Trinajstić information content (AvgIpc) is 3.93. The van der Waals surface area contributed by atoms with Gasteiger partial charge in [0, 0.05) is 43.2 Å². The molecule has 0 N–H and O–H groups in total. The molecule has 62 heavy (non-hydrogen) atoms. The Morgan fingerprint density at radius 2 is 1.18 bits per heavy atom. The second-order valence-corrected chi connectivity index (χ2v) is 15.1. The average molecular weight is 1010 g/mol. The fourth-order valence-corrected chi connectivity index (χ4v) is 6.61. The van der Waals surface area contributed by atoms with Gasteiger partial charge in [-0.1, -0.05) is 80.3 Å². The van der Waals surface area contributed by atoms with Crippen molar-refractivity contribution in [3.63, 3.8) is 0 Å². The summed E-state index contributed by atoms with van der Waals surface area (Å²) in [4.78, 5) is 13.2. The number of hydrogen-bond donors (Lipinski definition) is 0. The predicted molar refractivity (Wildman–Crippen MR) is 245 cm³/mol. The zero-order valence-electron chi connectivity index (χ0n) is 49.7. The summed E-state index contributed by atoms with van der Waals surface area (Å²) in [6.45, 7) is 4.64. The van der Waals surface area contributed by atoms with Crippen LogP contribution in [-0.4, -0.2) is 15.0 Å². The Morgan fingerprint density at radius 1 is 0.597 bits per heavy atom. The summed E-state index contributed by atoms with van der Waals surface area (Å²) in [6, 6.07) is 35.1. The van der Waals surface area contributed by atoms with Crippen LogP contribution in [0.4, 0.5) is 4.39 Å². The fourth-order valence-electron chi connectivity index (χ4n) is 6.61. The first kappa shape index (κ1) is 27.1. The number of hydrogen-bond acceptors (Lipinski definition) is 4. The molecule has 0 saturated heterocycles. The Morgan fingerprint density at radius 3 is 1.73 bits per heavy atom. The van der Waals surface area contributed by atoms with Crippen molar-refractivity contribution in [2.45, 2.75) is 65.4 Å². The molecule has 4 heterocycles. The van der Waals surface area contributed by atoms with E-state index in [1.165, 1.54) is 42.5 Å². The standard InChI is InChI=1S/C56H47FN3O.Ir/c1-56(2,3)34-46-32-53(49-16-10-15-48-50-33-47(57)25-28-54(50)61-55(48)49)60-37-45(46)24-21-42-30-40(19-17-38-22-26-51(58-35-38)43-11-6-4-7-12-43)29-41(31-42)20-18-39-23-27-52(59-36-39)44-13-8-5-9-14-44;/h4-11,13,15,22-23,25-33,35-37H,17-21,24,34H2,1-3H3;/q-3;+3/i17D2,18D2,19D2,20D2,21D2,24D2,25D,33D,34D2;. The Bertz CT molecular complexity index is 3580. The number of pyridine rings is 3. The molecule has 0 bridgehead atoms. The summed E-state index contributed by atoms with van der Waals surface area (Å²) in [7, 11) is 0. The zero-order valence-corrected chi connectivity index (χ0v) is 36.1. The number of rotatable bonds is 13. The summed E-state index contributed by atoms with van der Waals surface area (Å²) >= 11 is 0. The molecule has 0 unspecified atom stereocenters. The van der Waals surface area contributed by atoms with Crippen molar-refractivity contribution < 1.29 is 50.8 Å². The summed E-state index contributed by atoms with van der Waals surface area (Å²) in [5.41, 5.74) is -2.97. The van der Waals surface area contributed by atoms with Gasteiger partial charge in [0.2, 0.25) is 0 Å². The van der Waals surface area contributed by atoms with Crippen molar-refractivity contribution in [2.24, 2.45) is 5.41 Å². The van der Waals surface area contributed by atoms with Crippen molar-refractivity contribution in [3.05, 3.63) is 209 Å². The molecule has 6 heteroatoms. The van der Waals surface area contributed by atoms with E-state index in [9.17, 15) is 23.6 Å². The molecular formula is C56H47FIrN3O. The van der Waals surface area contributed by atoms with Gasteiger partial charge in [0.15, 0.2) is 0 Å². The predicted octanol–water partition coefficient (Wildman–Crippen LogP) is 13.3. The Balaban J connectivity index is 0.00000803. The smallest absolute Gasteiger partial charge is 0.501 e. The van der Waals surface area contributed by atoms with Crippen molar-refractivity contribution in [1.29, 1.82) is 0 Å². The molecule has 0 radical (unpaired) electrons. The molecule has 4 nitrogen and oxygen atoms in total. The third kappa shape index (κ3) is 10.2. The van der Waals surface area contributed by atoms with Crippen LogP contribution in [0.3, 0.4) is 0 Å². The molecule has 0 aliphatic rings. The molecular weight excluding hydrogens is 942 g/mol. The van der Waals surface area contributed by atoms with Gasteiger partial charge in [-0.25, -0.2) is 4.39 Å². The second-order valence-electron chi connectivity index (χ2n) is 15.1. The van der Waals surface area contributed by atoms with Gasteiger partial charge in [-0.15, -0.1) is 90.0 Å². The zero-order chi connectivity index (χ0) is 56.1. The van der Waals surface area contributed by atoms with Crippen LogP contribution in [0.5, 0.6) is 0 Å². The number of aromatic nitrogens is 3. The number of aryl methyl sites for hydroxylation is 6. The van der Waals surface area contributed by atoms with Gasteiger partial charge in [0.25, 0.3) is 0 Å². The largest absolute Gasteiger partial charge is 3.00 e. The molecule has 9 rings (SSSR count). The Labute approximate surface area is 400 Å². The van der Waals surface area contributed by atoms with E-state index in [1.807, 2.05) is 0 Å². The molecule has 0 amide bonds. The van der Waals surface area contributed by atoms with Crippen molar-refractivity contribution in [1.82, 2.24) is 15.0 Å². The van der Waals surface area contributed by atoms with Gasteiger partial charge < -0.3 is 19.4 Å². The topological polar surface area (TPSA) is 51.8 Å². The van der Waals surface area contributed by atoms with Crippen LogP contribution in [0.1, 0.15) is 81.6 Å². The van der Waals surface area contributed by atoms with Crippen LogP contribution in [0.2, 0.25) is 0 Å². The van der Waals surface area contributed by atoms with Crippen molar-refractivity contribution in [3.8, 4) is 33.8 Å². The molecule has 0 saturated carbocycles. The summed E-state index contributed by atoms with van der Waals surface area (Å²) in [6.07, 6.45) is -18.5. The summed E-state index contributed by atoms with van der Waals surface area (Å²) in [5.74, 6) is -1.08. The van der Waals surface area contributed by atoms with Gasteiger partial charge in [-0.05, 0) is 124 Å². The molecule has 308 valence electrons. The third-order valence-electron chi connectivity index (χ3n) is 9.39. The van der Waals surface area contributed by atoms with Crippen LogP contribution in [0.25, 0.3) is 55.7 Å². The maximum atomic E-state index is 14.9. The first-order valence-electron chi connectivity index (χ1n) is 27.4. The van der Waals surface area contributed by atoms with Crippen LogP contribution >= 0.6 is 0 Å². The van der Waals surface area contributed by atoms with Crippen molar-refractivity contribution in [2.75, 3.05) is 0 Å². The maximum Gasteiger partial charge on any atom is 3.00 e. The first-order valence-corrected chi connectivity index (χ1v) is 19.4. The molecule has 4 aromatic heterocycles. The maximum absolute atomic E-state index is 14.9. The molecule has 5 aromatic carbocycles. The first-order chi connectivity index (χ1) is 35.9. The molecule has 0 atom stereocenters. The number of nitrogens with zero attached hydrogens (tertiary/aromatic N) is 3. The van der Waals surface area contributed by atoms with Gasteiger partial charge in [-0.2, -0.15) is 0 Å². The SMILES string of the molecule is [2H]c1cc2oc3c(-c4cc(C([2H])([2H])C(C)(C)C)c(C([2H])([2H])C([2H])([2H])c5cc(C([2H])([2H])C([2H])([2H])c6ccc(-c7[c-]cccc7)nc6)cc(C([2H])([2H])C([2H])([2H])c6ccc(-c7[c-]cccc7)nc6)c5)cn4)[c-]ccc3c2c([2H])c1F.[Ir+3]. The minimum Gasteiger partial charge on any atom is -0.501 e. The Kier molecular flexibility index (Phi) is 8.26. The van der Waals surface area contributed by atoms with Crippen LogP contribution in [0.15, 0.2) is 150 Å². The van der Waals surface area contributed by atoms with E-state index in [2.05, 4.69) is 33.2 Å². The number of halogens is 1. The second kappa shape index (κ2) is 18.9. The normalized spacial score (nSPS) is 17.0. The van der Waals surface area contributed by atoms with E-state index >= 15 is 0 Å². The summed E-state index contributed by atoms with van der Waals surface area (Å²) < 4.78 is 171. The van der Waals surface area contributed by atoms with Gasteiger partial charge in [-0.3, -0.25) is 0 Å². The molecule has 0 aliphatic heterocycles. The van der Waals surface area contributed by atoms with E-state index < -0.39 is 95.7 Å². The van der Waals surface area contributed by atoms with E-state index in [0.717, 1.165) is 42.9 Å². The van der Waals surface area contributed by atoms with E-state index in [-0.39, 0.29) is 64.4 Å². The molecule has 0 aliphatic carbocycles. The molecule has 0 spiro atoms. The minimum absolute atomic E-state index is 0. The van der Waals surface area contributed by atoms with E-state index in [4.69, 9.17) is 7.16 Å². The van der Waals surface area contributed by atoms with Gasteiger partial charge >= 0.3 is 20.1 Å². The quantitative estimate of drug-likeness (QED) is 0.108.